The molecule has 1 amide bonds. The predicted octanol–water partition coefficient (Wildman–Crippen LogP) is 7.66. The zero-order valence-electron chi connectivity index (χ0n) is 22.7. The standard InChI is InChI=1S/C32H37ClN2O4/c1-3-32(4-2,31(37)38)22-30(36)35-28-12-7-10-25(21-28)16-19-27-11-8-13-29(34-27)23-39-20-6-5-9-24-14-17-26(33)18-15-24/h7-8,10-19,21H,3-6,9,20,22-23H2,1-2H3,(H,35,36)(H,37,38). The number of halogens is 1. The first-order valence-electron chi connectivity index (χ1n) is 13.4. The average Bonchev–Trinajstić information content (AvgIpc) is 2.94. The molecule has 0 saturated carbocycles. The predicted molar refractivity (Wildman–Crippen MR) is 158 cm³/mol. The number of amides is 1. The third-order valence-electron chi connectivity index (χ3n) is 6.92. The molecule has 0 fully saturated rings. The van der Waals surface area contributed by atoms with Crippen LogP contribution in [0.4, 0.5) is 5.69 Å². The molecule has 0 unspecified atom stereocenters. The van der Waals surface area contributed by atoms with E-state index in [1.165, 1.54) is 5.56 Å². The van der Waals surface area contributed by atoms with Crippen LogP contribution in [0.3, 0.4) is 0 Å². The normalized spacial score (nSPS) is 11.6. The molecule has 0 saturated heterocycles. The van der Waals surface area contributed by atoms with E-state index in [1.807, 2.05) is 60.7 Å². The first-order chi connectivity index (χ1) is 18.8. The number of aliphatic carboxylic acids is 1. The quantitative estimate of drug-likeness (QED) is 0.190. The molecule has 206 valence electrons. The third-order valence-corrected chi connectivity index (χ3v) is 7.17. The lowest BCUT2D eigenvalue weighted by Crippen LogP contribution is -2.34. The van der Waals surface area contributed by atoms with E-state index in [4.69, 9.17) is 16.3 Å². The van der Waals surface area contributed by atoms with Gasteiger partial charge in [-0.3, -0.25) is 14.6 Å². The van der Waals surface area contributed by atoms with Crippen molar-refractivity contribution in [2.24, 2.45) is 5.41 Å². The maximum atomic E-state index is 12.6. The molecule has 6 nitrogen and oxygen atoms in total. The number of rotatable bonds is 15. The number of carbonyl (C=O) groups excluding carboxylic acids is 1. The Kier molecular flexibility index (Phi) is 11.7. The molecule has 2 aromatic carbocycles. The molecule has 0 aliphatic heterocycles. The largest absolute Gasteiger partial charge is 0.481 e. The molecule has 0 atom stereocenters. The third kappa shape index (κ3) is 9.65. The first-order valence-corrected chi connectivity index (χ1v) is 13.8. The van der Waals surface area contributed by atoms with Crippen molar-refractivity contribution < 1.29 is 19.4 Å². The molecule has 39 heavy (non-hydrogen) atoms. The summed E-state index contributed by atoms with van der Waals surface area (Å²) in [6, 6.07) is 21.2. The SMILES string of the molecule is CCC(CC)(CC(=O)Nc1cccc(C=Cc2cccc(COCCCCc3ccc(Cl)cc3)n2)c1)C(=O)O. The van der Waals surface area contributed by atoms with E-state index in [9.17, 15) is 14.7 Å². The van der Waals surface area contributed by atoms with Crippen LogP contribution < -0.4 is 5.32 Å². The van der Waals surface area contributed by atoms with Crippen molar-refractivity contribution in [1.82, 2.24) is 4.98 Å². The minimum atomic E-state index is -1.04. The van der Waals surface area contributed by atoms with Gasteiger partial charge < -0.3 is 15.2 Å². The average molecular weight is 549 g/mol. The molecular formula is C32H37ClN2O4. The molecule has 3 rings (SSSR count). The molecule has 7 heteroatoms. The van der Waals surface area contributed by atoms with Gasteiger partial charge in [0.05, 0.1) is 23.4 Å². The first kappa shape index (κ1) is 30.1. The molecule has 1 aromatic heterocycles. The summed E-state index contributed by atoms with van der Waals surface area (Å²) >= 11 is 5.93. The smallest absolute Gasteiger partial charge is 0.310 e. The number of anilines is 1. The zero-order chi connectivity index (χ0) is 28.1. The van der Waals surface area contributed by atoms with Crippen LogP contribution in [-0.4, -0.2) is 28.6 Å². The van der Waals surface area contributed by atoms with Crippen LogP contribution in [0, 0.1) is 5.41 Å². The number of carbonyl (C=O) groups is 2. The molecule has 0 radical (unpaired) electrons. The van der Waals surface area contributed by atoms with E-state index in [0.29, 0.717) is 31.7 Å². The summed E-state index contributed by atoms with van der Waals surface area (Å²) in [4.78, 5) is 29.0. The van der Waals surface area contributed by atoms with Crippen LogP contribution in [-0.2, 0) is 27.4 Å². The highest BCUT2D eigenvalue weighted by atomic mass is 35.5. The van der Waals surface area contributed by atoms with E-state index in [0.717, 1.165) is 41.2 Å². The van der Waals surface area contributed by atoms with Gasteiger partial charge in [-0.25, -0.2) is 0 Å². The minimum Gasteiger partial charge on any atom is -0.481 e. The van der Waals surface area contributed by atoms with E-state index >= 15 is 0 Å². The molecular weight excluding hydrogens is 512 g/mol. The molecule has 0 bridgehead atoms. The summed E-state index contributed by atoms with van der Waals surface area (Å²) < 4.78 is 5.83. The lowest BCUT2D eigenvalue weighted by molar-refractivity contribution is -0.151. The highest BCUT2D eigenvalue weighted by Gasteiger charge is 2.37. The Balaban J connectivity index is 1.48. The molecule has 2 N–H and O–H groups in total. The summed E-state index contributed by atoms with van der Waals surface area (Å²) in [5.74, 6) is -1.24. The van der Waals surface area contributed by atoms with Gasteiger partial charge >= 0.3 is 5.97 Å². The van der Waals surface area contributed by atoms with Crippen molar-refractivity contribution >= 4 is 41.3 Å². The minimum absolute atomic E-state index is 0.0590. The van der Waals surface area contributed by atoms with E-state index < -0.39 is 11.4 Å². The van der Waals surface area contributed by atoms with Crippen molar-refractivity contribution in [3.63, 3.8) is 0 Å². The van der Waals surface area contributed by atoms with Gasteiger partial charge in [0.25, 0.3) is 0 Å². The fourth-order valence-corrected chi connectivity index (χ4v) is 4.45. The second-order valence-electron chi connectivity index (χ2n) is 9.67. The van der Waals surface area contributed by atoms with Gasteiger partial charge in [0, 0.05) is 23.7 Å². The van der Waals surface area contributed by atoms with Gasteiger partial charge in [-0.05, 0) is 85.7 Å². The number of hydrogen-bond donors (Lipinski definition) is 2. The van der Waals surface area contributed by atoms with Crippen molar-refractivity contribution in [3.8, 4) is 0 Å². The Labute approximate surface area is 236 Å². The fraction of sp³-hybridized carbons (Fsp3) is 0.344. The van der Waals surface area contributed by atoms with E-state index in [2.05, 4.69) is 22.4 Å². The lowest BCUT2D eigenvalue weighted by atomic mass is 9.79. The second kappa shape index (κ2) is 15.2. The van der Waals surface area contributed by atoms with Crippen molar-refractivity contribution in [2.45, 2.75) is 59.0 Å². The Bertz CT molecular complexity index is 1250. The number of carboxylic acid groups (broad SMARTS) is 1. The van der Waals surface area contributed by atoms with Crippen LogP contribution >= 0.6 is 11.6 Å². The number of benzene rings is 2. The lowest BCUT2D eigenvalue weighted by Gasteiger charge is -2.25. The number of aryl methyl sites for hydroxylation is 1. The van der Waals surface area contributed by atoms with Crippen LogP contribution in [0.25, 0.3) is 12.2 Å². The summed E-state index contributed by atoms with van der Waals surface area (Å²) in [6.07, 6.45) is 7.62. The monoisotopic (exact) mass is 548 g/mol. The Hall–Kier alpha value is -3.48. The summed E-state index contributed by atoms with van der Waals surface area (Å²) in [6.45, 7) is 4.74. The number of nitrogens with zero attached hydrogens (tertiary/aromatic N) is 1. The maximum Gasteiger partial charge on any atom is 0.310 e. The van der Waals surface area contributed by atoms with Crippen molar-refractivity contribution in [1.29, 1.82) is 0 Å². The van der Waals surface area contributed by atoms with Crippen LogP contribution in [0.15, 0.2) is 66.7 Å². The van der Waals surface area contributed by atoms with Crippen LogP contribution in [0.2, 0.25) is 5.02 Å². The fourth-order valence-electron chi connectivity index (χ4n) is 4.32. The van der Waals surface area contributed by atoms with Gasteiger partial charge in [-0.15, -0.1) is 0 Å². The Morgan fingerprint density at radius 1 is 1.00 bits per heavy atom. The van der Waals surface area contributed by atoms with E-state index in [1.54, 1.807) is 19.9 Å². The number of aromatic nitrogens is 1. The second-order valence-corrected chi connectivity index (χ2v) is 10.1. The van der Waals surface area contributed by atoms with Crippen LogP contribution in [0.5, 0.6) is 0 Å². The Morgan fingerprint density at radius 2 is 1.74 bits per heavy atom. The molecule has 0 aliphatic carbocycles. The molecule has 1 heterocycles. The number of unbranched alkanes of at least 4 members (excludes halogenated alkanes) is 1. The number of pyridine rings is 1. The number of hydrogen-bond acceptors (Lipinski definition) is 4. The zero-order valence-corrected chi connectivity index (χ0v) is 23.4. The topological polar surface area (TPSA) is 88.5 Å². The Morgan fingerprint density at radius 3 is 2.46 bits per heavy atom. The maximum absolute atomic E-state index is 12.6. The molecule has 0 spiro atoms. The number of nitrogens with one attached hydrogen (secondary N) is 1. The van der Waals surface area contributed by atoms with Gasteiger partial charge in [-0.1, -0.05) is 61.9 Å². The van der Waals surface area contributed by atoms with Gasteiger partial charge in [0.2, 0.25) is 5.91 Å². The highest BCUT2D eigenvalue weighted by molar-refractivity contribution is 6.30. The van der Waals surface area contributed by atoms with Crippen molar-refractivity contribution in [2.75, 3.05) is 11.9 Å². The van der Waals surface area contributed by atoms with Gasteiger partial charge in [0.15, 0.2) is 0 Å². The van der Waals surface area contributed by atoms with Crippen molar-refractivity contribution in [3.05, 3.63) is 94.3 Å². The summed E-state index contributed by atoms with van der Waals surface area (Å²) in [5.41, 5.74) is 3.43. The summed E-state index contributed by atoms with van der Waals surface area (Å²) in [5, 5.41) is 13.2. The van der Waals surface area contributed by atoms with Gasteiger partial charge in [-0.2, -0.15) is 0 Å². The molecule has 3 aromatic rings. The van der Waals surface area contributed by atoms with Gasteiger partial charge in [0.1, 0.15) is 0 Å². The number of ether oxygens (including phenoxy) is 1. The summed E-state index contributed by atoms with van der Waals surface area (Å²) in [7, 11) is 0. The molecule has 0 aliphatic rings. The highest BCUT2D eigenvalue weighted by Crippen LogP contribution is 2.31. The number of carboxylic acids is 1. The van der Waals surface area contributed by atoms with Crippen LogP contribution in [0.1, 0.15) is 68.5 Å². The van der Waals surface area contributed by atoms with E-state index in [-0.39, 0.29) is 12.3 Å².